The number of carbonyl (C=O) groups is 1. The maximum atomic E-state index is 12.4. The summed E-state index contributed by atoms with van der Waals surface area (Å²) in [5.41, 5.74) is 1.63. The third-order valence-corrected chi connectivity index (χ3v) is 3.66. The molecule has 0 N–H and O–H groups in total. The van der Waals surface area contributed by atoms with E-state index in [0.717, 1.165) is 11.4 Å². The van der Waals surface area contributed by atoms with Crippen molar-refractivity contribution in [2.75, 3.05) is 18.6 Å². The van der Waals surface area contributed by atoms with Crippen LogP contribution in [0.15, 0.2) is 18.2 Å². The number of rotatable bonds is 0. The minimum absolute atomic E-state index is 0.0563. The van der Waals surface area contributed by atoms with Crippen molar-refractivity contribution in [2.24, 2.45) is 5.41 Å². The SMILES string of the molecule is CN1C(=O)C(C)(C)COc2ccc(C(C)(C)C)cc21. The van der Waals surface area contributed by atoms with E-state index in [1.54, 1.807) is 4.90 Å². The number of hydrogen-bond acceptors (Lipinski definition) is 2. The lowest BCUT2D eigenvalue weighted by Crippen LogP contribution is -2.39. The Hall–Kier alpha value is -1.51. The van der Waals surface area contributed by atoms with Crippen molar-refractivity contribution in [1.29, 1.82) is 0 Å². The number of anilines is 1. The molecule has 0 atom stereocenters. The summed E-state index contributed by atoms with van der Waals surface area (Å²) >= 11 is 0. The highest BCUT2D eigenvalue weighted by atomic mass is 16.5. The first-order chi connectivity index (χ1) is 8.63. The number of carbonyl (C=O) groups excluding carboxylic acids is 1. The highest BCUT2D eigenvalue weighted by Crippen LogP contribution is 2.38. The maximum Gasteiger partial charge on any atom is 0.235 e. The number of amides is 1. The molecule has 0 fully saturated rings. The molecule has 1 aromatic rings. The topological polar surface area (TPSA) is 29.5 Å². The fraction of sp³-hybridized carbons (Fsp3) is 0.562. The number of hydrogen-bond donors (Lipinski definition) is 0. The molecule has 0 bridgehead atoms. The van der Waals surface area contributed by atoms with Crippen molar-refractivity contribution in [3.8, 4) is 5.75 Å². The molecule has 0 radical (unpaired) electrons. The molecule has 19 heavy (non-hydrogen) atoms. The summed E-state index contributed by atoms with van der Waals surface area (Å²) in [6.07, 6.45) is 0. The average molecular weight is 261 g/mol. The molecular formula is C16H23NO2. The molecule has 0 saturated heterocycles. The zero-order valence-corrected chi connectivity index (χ0v) is 12.7. The lowest BCUT2D eigenvalue weighted by Gasteiger charge is -2.26. The molecule has 1 aliphatic heterocycles. The van der Waals surface area contributed by atoms with Gasteiger partial charge in [0, 0.05) is 7.05 Å². The molecule has 1 aliphatic rings. The van der Waals surface area contributed by atoms with Crippen molar-refractivity contribution >= 4 is 11.6 Å². The first-order valence-electron chi connectivity index (χ1n) is 6.68. The fourth-order valence-corrected chi connectivity index (χ4v) is 2.25. The van der Waals surface area contributed by atoms with Crippen LogP contribution in [0.3, 0.4) is 0 Å². The molecule has 0 aliphatic carbocycles. The van der Waals surface area contributed by atoms with Crippen LogP contribution in [0.1, 0.15) is 40.2 Å². The Bertz CT molecular complexity index is 512. The van der Waals surface area contributed by atoms with Gasteiger partial charge in [-0.15, -0.1) is 0 Å². The molecule has 3 heteroatoms. The molecule has 2 rings (SSSR count). The largest absolute Gasteiger partial charge is 0.490 e. The van der Waals surface area contributed by atoms with Gasteiger partial charge in [0.15, 0.2) is 0 Å². The zero-order chi connectivity index (χ0) is 14.4. The quantitative estimate of drug-likeness (QED) is 0.716. The number of nitrogens with zero attached hydrogens (tertiary/aromatic N) is 1. The molecule has 1 heterocycles. The molecule has 0 saturated carbocycles. The van der Waals surface area contributed by atoms with Gasteiger partial charge in [-0.1, -0.05) is 26.8 Å². The third-order valence-electron chi connectivity index (χ3n) is 3.66. The van der Waals surface area contributed by atoms with Crippen LogP contribution in [-0.4, -0.2) is 19.6 Å². The lowest BCUT2D eigenvalue weighted by molar-refractivity contribution is -0.127. The Morgan fingerprint density at radius 2 is 1.89 bits per heavy atom. The van der Waals surface area contributed by atoms with E-state index in [2.05, 4.69) is 32.9 Å². The van der Waals surface area contributed by atoms with Gasteiger partial charge in [-0.2, -0.15) is 0 Å². The summed E-state index contributed by atoms with van der Waals surface area (Å²) in [6, 6.07) is 6.12. The Labute approximate surface area is 115 Å². The van der Waals surface area contributed by atoms with Gasteiger partial charge in [0.05, 0.1) is 11.1 Å². The van der Waals surface area contributed by atoms with Gasteiger partial charge in [0.25, 0.3) is 0 Å². The van der Waals surface area contributed by atoms with Crippen molar-refractivity contribution in [3.05, 3.63) is 23.8 Å². The third kappa shape index (κ3) is 2.46. The zero-order valence-electron chi connectivity index (χ0n) is 12.7. The highest BCUT2D eigenvalue weighted by Gasteiger charge is 2.36. The summed E-state index contributed by atoms with van der Waals surface area (Å²) in [7, 11) is 1.82. The Kier molecular flexibility index (Phi) is 3.12. The van der Waals surface area contributed by atoms with E-state index in [1.165, 1.54) is 5.56 Å². The molecule has 3 nitrogen and oxygen atoms in total. The Morgan fingerprint density at radius 1 is 1.26 bits per heavy atom. The summed E-state index contributed by atoms with van der Waals surface area (Å²) < 4.78 is 5.81. The molecule has 1 aromatic carbocycles. The normalized spacial score (nSPS) is 18.6. The fourth-order valence-electron chi connectivity index (χ4n) is 2.25. The molecule has 0 unspecified atom stereocenters. The van der Waals surface area contributed by atoms with Gasteiger partial charge in [0.2, 0.25) is 5.91 Å². The van der Waals surface area contributed by atoms with Crippen molar-refractivity contribution in [1.82, 2.24) is 0 Å². The smallest absolute Gasteiger partial charge is 0.235 e. The monoisotopic (exact) mass is 261 g/mol. The summed E-state index contributed by atoms with van der Waals surface area (Å²) in [4.78, 5) is 14.2. The van der Waals surface area contributed by atoms with E-state index in [9.17, 15) is 4.79 Å². The molecule has 1 amide bonds. The highest BCUT2D eigenvalue weighted by molar-refractivity contribution is 5.98. The number of benzene rings is 1. The van der Waals surface area contributed by atoms with Crippen LogP contribution in [0.5, 0.6) is 5.75 Å². The van der Waals surface area contributed by atoms with Crippen molar-refractivity contribution < 1.29 is 9.53 Å². The number of ether oxygens (including phenoxy) is 1. The summed E-state index contributed by atoms with van der Waals surface area (Å²) in [5.74, 6) is 0.881. The van der Waals surface area contributed by atoms with Crippen molar-refractivity contribution in [2.45, 2.75) is 40.0 Å². The molecule has 0 aromatic heterocycles. The van der Waals surface area contributed by atoms with E-state index < -0.39 is 5.41 Å². The van der Waals surface area contributed by atoms with E-state index in [4.69, 9.17) is 4.74 Å². The summed E-state index contributed by atoms with van der Waals surface area (Å²) in [5, 5.41) is 0. The second kappa shape index (κ2) is 4.26. The second-order valence-electron chi connectivity index (χ2n) is 6.97. The Morgan fingerprint density at radius 3 is 2.47 bits per heavy atom. The van der Waals surface area contributed by atoms with Gasteiger partial charge >= 0.3 is 0 Å². The van der Waals surface area contributed by atoms with Gasteiger partial charge in [-0.3, -0.25) is 4.79 Å². The summed E-state index contributed by atoms with van der Waals surface area (Å²) in [6.45, 7) is 10.7. The van der Waals surface area contributed by atoms with E-state index in [1.807, 2.05) is 27.0 Å². The lowest BCUT2D eigenvalue weighted by atomic mass is 9.86. The van der Waals surface area contributed by atoms with Crippen LogP contribution in [-0.2, 0) is 10.2 Å². The van der Waals surface area contributed by atoms with Crippen LogP contribution in [0.4, 0.5) is 5.69 Å². The minimum Gasteiger partial charge on any atom is -0.490 e. The first-order valence-corrected chi connectivity index (χ1v) is 6.68. The second-order valence-corrected chi connectivity index (χ2v) is 6.97. The predicted octanol–water partition coefficient (Wildman–Crippen LogP) is 3.37. The maximum absolute atomic E-state index is 12.4. The van der Waals surface area contributed by atoms with Gasteiger partial charge in [-0.25, -0.2) is 0 Å². The van der Waals surface area contributed by atoms with Gasteiger partial charge in [-0.05, 0) is 37.0 Å². The van der Waals surface area contributed by atoms with Crippen LogP contribution in [0, 0.1) is 5.41 Å². The predicted molar refractivity (Wildman–Crippen MR) is 77.8 cm³/mol. The molecule has 0 spiro atoms. The molecular weight excluding hydrogens is 238 g/mol. The standard InChI is InChI=1S/C16H23NO2/c1-15(2,3)11-7-8-13-12(9-11)17(6)14(18)16(4,5)10-19-13/h7-9H,10H2,1-6H3. The van der Waals surface area contributed by atoms with Crippen LogP contribution < -0.4 is 9.64 Å². The first kappa shape index (κ1) is 13.9. The van der Waals surface area contributed by atoms with E-state index in [-0.39, 0.29) is 11.3 Å². The van der Waals surface area contributed by atoms with E-state index in [0.29, 0.717) is 6.61 Å². The average Bonchev–Trinajstić information content (AvgIpc) is 2.40. The van der Waals surface area contributed by atoms with Crippen LogP contribution in [0.25, 0.3) is 0 Å². The van der Waals surface area contributed by atoms with Crippen molar-refractivity contribution in [3.63, 3.8) is 0 Å². The Balaban J connectivity index is 2.52. The number of fused-ring (bicyclic) bond motifs is 1. The van der Waals surface area contributed by atoms with E-state index >= 15 is 0 Å². The molecule has 104 valence electrons. The van der Waals surface area contributed by atoms with Crippen LogP contribution in [0.2, 0.25) is 0 Å². The van der Waals surface area contributed by atoms with Gasteiger partial charge in [0.1, 0.15) is 12.4 Å². The van der Waals surface area contributed by atoms with Gasteiger partial charge < -0.3 is 9.64 Å². The minimum atomic E-state index is -0.490. The van der Waals surface area contributed by atoms with Crippen LogP contribution >= 0.6 is 0 Å².